The molecule has 0 radical (unpaired) electrons. The average Bonchev–Trinajstić information content (AvgIpc) is 2.14. The molecule has 0 aromatic heterocycles. The van der Waals surface area contributed by atoms with Gasteiger partial charge in [0.15, 0.2) is 0 Å². The highest BCUT2D eigenvalue weighted by atomic mass is 35.5. The van der Waals surface area contributed by atoms with Crippen LogP contribution in [0, 0.1) is 10.1 Å². The molecule has 0 heterocycles. The van der Waals surface area contributed by atoms with Crippen molar-refractivity contribution in [3.05, 3.63) is 38.9 Å². The van der Waals surface area contributed by atoms with Gasteiger partial charge in [0, 0.05) is 22.7 Å². The number of aryl methyl sites for hydroxylation is 1. The minimum Gasteiger partial charge on any atom is -0.326 e. The van der Waals surface area contributed by atoms with E-state index in [4.69, 9.17) is 17.3 Å². The monoisotopic (exact) mass is 242 g/mol. The van der Waals surface area contributed by atoms with Gasteiger partial charge in [0.1, 0.15) is 0 Å². The van der Waals surface area contributed by atoms with E-state index in [9.17, 15) is 10.1 Å². The van der Waals surface area contributed by atoms with E-state index in [-0.39, 0.29) is 11.2 Å². The van der Waals surface area contributed by atoms with Crippen LogP contribution in [0.5, 0.6) is 0 Å². The molecule has 0 fully saturated rings. The van der Waals surface area contributed by atoms with E-state index in [1.807, 2.05) is 13.8 Å². The second-order valence-electron chi connectivity index (χ2n) is 4.52. The Kier molecular flexibility index (Phi) is 3.88. The predicted molar refractivity (Wildman–Crippen MR) is 64.7 cm³/mol. The number of hydrogen-bond acceptors (Lipinski definition) is 3. The van der Waals surface area contributed by atoms with Crippen LogP contribution in [0.4, 0.5) is 5.69 Å². The number of halogens is 1. The van der Waals surface area contributed by atoms with E-state index >= 15 is 0 Å². The first-order valence-electron chi connectivity index (χ1n) is 5.01. The second kappa shape index (κ2) is 4.80. The number of nitrogens with zero attached hydrogens (tertiary/aromatic N) is 1. The standard InChI is InChI=1S/C11H15ClN2O2/c1-11(2,13)6-5-8-7-9(14(15)16)3-4-10(8)12/h3-4,7H,5-6,13H2,1-2H3. The number of nitro groups is 1. The molecule has 0 saturated heterocycles. The van der Waals surface area contributed by atoms with Gasteiger partial charge >= 0.3 is 0 Å². The van der Waals surface area contributed by atoms with E-state index in [0.717, 1.165) is 12.0 Å². The van der Waals surface area contributed by atoms with Crippen molar-refractivity contribution >= 4 is 17.3 Å². The van der Waals surface area contributed by atoms with Crippen molar-refractivity contribution in [1.82, 2.24) is 0 Å². The molecule has 1 aromatic rings. The van der Waals surface area contributed by atoms with Crippen LogP contribution in [0.3, 0.4) is 0 Å². The van der Waals surface area contributed by atoms with E-state index in [1.165, 1.54) is 12.1 Å². The van der Waals surface area contributed by atoms with Crippen LogP contribution in [-0.2, 0) is 6.42 Å². The zero-order chi connectivity index (χ0) is 12.3. The van der Waals surface area contributed by atoms with Crippen LogP contribution in [0.1, 0.15) is 25.8 Å². The largest absolute Gasteiger partial charge is 0.326 e. The minimum absolute atomic E-state index is 0.0641. The zero-order valence-corrected chi connectivity index (χ0v) is 10.1. The lowest BCUT2D eigenvalue weighted by atomic mass is 9.96. The van der Waals surface area contributed by atoms with Gasteiger partial charge in [-0.25, -0.2) is 0 Å². The van der Waals surface area contributed by atoms with E-state index in [1.54, 1.807) is 6.07 Å². The molecule has 1 rings (SSSR count). The van der Waals surface area contributed by atoms with Gasteiger partial charge in [-0.15, -0.1) is 0 Å². The third kappa shape index (κ3) is 3.79. The number of hydrogen-bond donors (Lipinski definition) is 1. The van der Waals surface area contributed by atoms with Gasteiger partial charge in [-0.2, -0.15) is 0 Å². The molecule has 1 aromatic carbocycles. The van der Waals surface area contributed by atoms with Crippen LogP contribution >= 0.6 is 11.6 Å². The Morgan fingerprint density at radius 2 is 2.12 bits per heavy atom. The van der Waals surface area contributed by atoms with Gasteiger partial charge in [-0.3, -0.25) is 10.1 Å². The van der Waals surface area contributed by atoms with Crippen molar-refractivity contribution in [3.8, 4) is 0 Å². The molecule has 16 heavy (non-hydrogen) atoms. The summed E-state index contributed by atoms with van der Waals surface area (Å²) in [5.41, 5.74) is 6.39. The molecule has 0 aliphatic rings. The Morgan fingerprint density at radius 1 is 1.50 bits per heavy atom. The van der Waals surface area contributed by atoms with Crippen LogP contribution in [0.25, 0.3) is 0 Å². The summed E-state index contributed by atoms with van der Waals surface area (Å²) in [5.74, 6) is 0. The zero-order valence-electron chi connectivity index (χ0n) is 9.37. The molecule has 0 aliphatic heterocycles. The van der Waals surface area contributed by atoms with Crippen LogP contribution < -0.4 is 5.73 Å². The van der Waals surface area contributed by atoms with Gasteiger partial charge in [0.2, 0.25) is 0 Å². The van der Waals surface area contributed by atoms with Gasteiger partial charge in [-0.1, -0.05) is 11.6 Å². The van der Waals surface area contributed by atoms with E-state index in [2.05, 4.69) is 0 Å². The molecule has 0 unspecified atom stereocenters. The maximum Gasteiger partial charge on any atom is 0.269 e. The highest BCUT2D eigenvalue weighted by Gasteiger charge is 2.14. The van der Waals surface area contributed by atoms with Crippen LogP contribution in [0.15, 0.2) is 18.2 Å². The molecule has 0 aliphatic carbocycles. The number of non-ortho nitro benzene ring substituents is 1. The Balaban J connectivity index is 2.86. The third-order valence-corrected chi connectivity index (χ3v) is 2.65. The lowest BCUT2D eigenvalue weighted by Crippen LogP contribution is -2.32. The fraction of sp³-hybridized carbons (Fsp3) is 0.455. The summed E-state index contributed by atoms with van der Waals surface area (Å²) in [5, 5.41) is 11.2. The molecular formula is C11H15ClN2O2. The fourth-order valence-electron chi connectivity index (χ4n) is 1.32. The molecule has 0 bridgehead atoms. The highest BCUT2D eigenvalue weighted by Crippen LogP contribution is 2.24. The number of nitrogens with two attached hydrogens (primary N) is 1. The van der Waals surface area contributed by atoms with Gasteiger partial charge < -0.3 is 5.73 Å². The smallest absolute Gasteiger partial charge is 0.269 e. The topological polar surface area (TPSA) is 69.2 Å². The van der Waals surface area contributed by atoms with E-state index in [0.29, 0.717) is 11.4 Å². The summed E-state index contributed by atoms with van der Waals surface area (Å²) in [4.78, 5) is 10.2. The van der Waals surface area contributed by atoms with E-state index < -0.39 is 4.92 Å². The number of rotatable bonds is 4. The predicted octanol–water partition coefficient (Wildman–Crippen LogP) is 2.92. The molecule has 0 atom stereocenters. The van der Waals surface area contributed by atoms with Gasteiger partial charge in [0.25, 0.3) is 5.69 Å². The first kappa shape index (κ1) is 12.9. The summed E-state index contributed by atoms with van der Waals surface area (Å²) >= 11 is 5.97. The van der Waals surface area contributed by atoms with Gasteiger partial charge in [-0.05, 0) is 38.3 Å². The summed E-state index contributed by atoms with van der Waals surface area (Å²) in [6, 6.07) is 4.46. The lowest BCUT2D eigenvalue weighted by molar-refractivity contribution is -0.384. The normalized spacial score (nSPS) is 11.5. The Labute approximate surface area is 99.6 Å². The first-order valence-corrected chi connectivity index (χ1v) is 5.39. The highest BCUT2D eigenvalue weighted by molar-refractivity contribution is 6.31. The SMILES string of the molecule is CC(C)(N)CCc1cc([N+](=O)[O-])ccc1Cl. The Bertz CT molecular complexity index is 399. The molecule has 0 saturated carbocycles. The first-order chi connectivity index (χ1) is 7.29. The van der Waals surface area contributed by atoms with Crippen molar-refractivity contribution in [2.24, 2.45) is 5.73 Å². The summed E-state index contributed by atoms with van der Waals surface area (Å²) in [6.07, 6.45) is 1.37. The summed E-state index contributed by atoms with van der Waals surface area (Å²) in [7, 11) is 0. The van der Waals surface area contributed by atoms with Crippen LogP contribution in [-0.4, -0.2) is 10.5 Å². The molecule has 2 N–H and O–H groups in total. The van der Waals surface area contributed by atoms with Crippen LogP contribution in [0.2, 0.25) is 5.02 Å². The lowest BCUT2D eigenvalue weighted by Gasteiger charge is -2.18. The minimum atomic E-state index is -0.423. The maximum absolute atomic E-state index is 10.6. The fourth-order valence-corrected chi connectivity index (χ4v) is 1.54. The number of nitro benzene ring substituents is 1. The summed E-state index contributed by atoms with van der Waals surface area (Å²) in [6.45, 7) is 3.83. The Hall–Kier alpha value is -1.13. The molecule has 88 valence electrons. The maximum atomic E-state index is 10.6. The van der Waals surface area contributed by atoms with Crippen molar-refractivity contribution < 1.29 is 4.92 Å². The quantitative estimate of drug-likeness (QED) is 0.652. The van der Waals surface area contributed by atoms with Crippen molar-refractivity contribution in [2.45, 2.75) is 32.2 Å². The second-order valence-corrected chi connectivity index (χ2v) is 4.93. The molecule has 0 amide bonds. The third-order valence-electron chi connectivity index (χ3n) is 2.28. The average molecular weight is 243 g/mol. The molecular weight excluding hydrogens is 228 g/mol. The molecule has 4 nitrogen and oxygen atoms in total. The molecule has 0 spiro atoms. The Morgan fingerprint density at radius 3 is 2.62 bits per heavy atom. The van der Waals surface area contributed by atoms with Gasteiger partial charge in [0.05, 0.1) is 4.92 Å². The molecule has 5 heteroatoms. The number of benzene rings is 1. The van der Waals surface area contributed by atoms with Crippen molar-refractivity contribution in [3.63, 3.8) is 0 Å². The van der Waals surface area contributed by atoms with Crippen molar-refractivity contribution in [2.75, 3.05) is 0 Å². The van der Waals surface area contributed by atoms with Crippen molar-refractivity contribution in [1.29, 1.82) is 0 Å². The summed E-state index contributed by atoms with van der Waals surface area (Å²) < 4.78 is 0.